The first-order valence-electron chi connectivity index (χ1n) is 7.62. The molecule has 0 spiro atoms. The van der Waals surface area contributed by atoms with E-state index in [1.165, 1.54) is 11.1 Å². The van der Waals surface area contributed by atoms with E-state index in [9.17, 15) is 0 Å². The topological polar surface area (TPSA) is 18.5 Å². The molecule has 2 heteroatoms. The quantitative estimate of drug-likeness (QED) is 0.688. The maximum atomic E-state index is 5.58. The summed E-state index contributed by atoms with van der Waals surface area (Å²) < 4.78 is 11.2. The Balaban J connectivity index is 1.91. The molecule has 0 unspecified atom stereocenters. The van der Waals surface area contributed by atoms with Crippen molar-refractivity contribution in [2.24, 2.45) is 0 Å². The lowest BCUT2D eigenvalue weighted by atomic mass is 10.0. The van der Waals surface area contributed by atoms with Gasteiger partial charge in [-0.15, -0.1) is 0 Å². The van der Waals surface area contributed by atoms with E-state index in [2.05, 4.69) is 44.5 Å². The Kier molecular flexibility index (Phi) is 6.14. The normalized spacial score (nSPS) is 10.4. The summed E-state index contributed by atoms with van der Waals surface area (Å²) in [6, 6.07) is 16.4. The third kappa shape index (κ3) is 5.14. The van der Waals surface area contributed by atoms with Crippen LogP contribution in [0.2, 0.25) is 0 Å². The molecule has 0 aliphatic heterocycles. The molecule has 111 valence electrons. The van der Waals surface area contributed by atoms with Crippen molar-refractivity contribution in [1.29, 1.82) is 0 Å². The maximum absolute atomic E-state index is 5.58. The van der Waals surface area contributed by atoms with Crippen LogP contribution in [0.3, 0.4) is 0 Å². The third-order valence-corrected chi connectivity index (χ3v) is 3.04. The Labute approximate surface area is 127 Å². The Morgan fingerprint density at radius 1 is 0.667 bits per heavy atom. The Morgan fingerprint density at radius 2 is 1.05 bits per heavy atom. The first kappa shape index (κ1) is 15.4. The van der Waals surface area contributed by atoms with Crippen LogP contribution in [0.4, 0.5) is 0 Å². The van der Waals surface area contributed by atoms with Crippen LogP contribution in [-0.2, 0) is 0 Å². The molecule has 2 aromatic rings. The second kappa shape index (κ2) is 8.35. The standard InChI is InChI=1S/C19H23O2/c1-3-13-20-18-9-5-16(6-10-18)15-17-7-11-19(12-8-17)21-14-4-2/h5-12,15H,3-4,13-14H2,1-2H3. The summed E-state index contributed by atoms with van der Waals surface area (Å²) in [6.07, 6.45) is 4.20. The molecule has 0 fully saturated rings. The predicted octanol–water partition coefficient (Wildman–Crippen LogP) is 4.86. The fourth-order valence-electron chi connectivity index (χ4n) is 1.95. The first-order chi connectivity index (χ1) is 10.3. The van der Waals surface area contributed by atoms with E-state index >= 15 is 0 Å². The number of rotatable bonds is 8. The van der Waals surface area contributed by atoms with Crippen LogP contribution in [0.15, 0.2) is 48.5 Å². The minimum Gasteiger partial charge on any atom is -0.494 e. The van der Waals surface area contributed by atoms with Crippen LogP contribution in [0, 0.1) is 6.42 Å². The highest BCUT2D eigenvalue weighted by Gasteiger charge is 2.00. The van der Waals surface area contributed by atoms with Crippen molar-refractivity contribution >= 4 is 0 Å². The summed E-state index contributed by atoms with van der Waals surface area (Å²) in [5.41, 5.74) is 2.34. The molecule has 0 saturated heterocycles. The van der Waals surface area contributed by atoms with E-state index < -0.39 is 0 Å². The minimum absolute atomic E-state index is 0.766. The molecule has 0 aliphatic carbocycles. The number of hydrogen-bond acceptors (Lipinski definition) is 2. The van der Waals surface area contributed by atoms with Gasteiger partial charge in [0.1, 0.15) is 11.5 Å². The van der Waals surface area contributed by atoms with Crippen LogP contribution in [0.5, 0.6) is 11.5 Å². The van der Waals surface area contributed by atoms with E-state index in [0.29, 0.717) is 0 Å². The van der Waals surface area contributed by atoms with Crippen molar-refractivity contribution in [3.63, 3.8) is 0 Å². The van der Waals surface area contributed by atoms with Gasteiger partial charge in [-0.3, -0.25) is 0 Å². The van der Waals surface area contributed by atoms with Gasteiger partial charge in [-0.1, -0.05) is 38.1 Å². The van der Waals surface area contributed by atoms with Gasteiger partial charge in [-0.2, -0.15) is 0 Å². The monoisotopic (exact) mass is 283 g/mol. The zero-order chi connectivity index (χ0) is 14.9. The Morgan fingerprint density at radius 3 is 1.38 bits per heavy atom. The highest BCUT2D eigenvalue weighted by Crippen LogP contribution is 2.19. The fraction of sp³-hybridized carbons (Fsp3) is 0.316. The molecular formula is C19H23O2. The lowest BCUT2D eigenvalue weighted by Crippen LogP contribution is -1.95. The van der Waals surface area contributed by atoms with Crippen molar-refractivity contribution in [2.45, 2.75) is 26.7 Å². The zero-order valence-corrected chi connectivity index (χ0v) is 12.8. The van der Waals surface area contributed by atoms with Crippen LogP contribution < -0.4 is 9.47 Å². The lowest BCUT2D eigenvalue weighted by Gasteiger charge is -2.07. The average Bonchev–Trinajstić information content (AvgIpc) is 2.53. The molecule has 21 heavy (non-hydrogen) atoms. The van der Waals surface area contributed by atoms with E-state index in [4.69, 9.17) is 9.47 Å². The van der Waals surface area contributed by atoms with Gasteiger partial charge in [-0.05, 0) is 48.2 Å². The molecule has 1 radical (unpaired) electrons. The maximum Gasteiger partial charge on any atom is 0.119 e. The van der Waals surface area contributed by atoms with Crippen LogP contribution in [0.25, 0.3) is 0 Å². The van der Waals surface area contributed by atoms with E-state index in [1.807, 2.05) is 24.3 Å². The van der Waals surface area contributed by atoms with Crippen molar-refractivity contribution in [3.8, 4) is 11.5 Å². The molecule has 0 atom stereocenters. The van der Waals surface area contributed by atoms with Crippen LogP contribution >= 0.6 is 0 Å². The second-order valence-electron chi connectivity index (χ2n) is 4.98. The van der Waals surface area contributed by atoms with Crippen molar-refractivity contribution in [1.82, 2.24) is 0 Å². The zero-order valence-electron chi connectivity index (χ0n) is 12.8. The molecule has 0 amide bonds. The Hall–Kier alpha value is -1.96. The minimum atomic E-state index is 0.766. The van der Waals surface area contributed by atoms with Crippen LogP contribution in [0.1, 0.15) is 37.8 Å². The molecule has 0 aliphatic rings. The average molecular weight is 283 g/mol. The van der Waals surface area contributed by atoms with Gasteiger partial charge >= 0.3 is 0 Å². The molecule has 2 aromatic carbocycles. The first-order valence-corrected chi connectivity index (χ1v) is 7.62. The summed E-state index contributed by atoms with van der Waals surface area (Å²) >= 11 is 0. The summed E-state index contributed by atoms with van der Waals surface area (Å²) in [5, 5.41) is 0. The summed E-state index contributed by atoms with van der Waals surface area (Å²) in [4.78, 5) is 0. The summed E-state index contributed by atoms with van der Waals surface area (Å²) in [6.45, 7) is 5.75. The SMILES string of the molecule is CCCOc1ccc([CH]c2ccc(OCCC)cc2)cc1. The van der Waals surface area contributed by atoms with Gasteiger partial charge in [0.15, 0.2) is 0 Å². The Bertz CT molecular complexity index is 465. The fourth-order valence-corrected chi connectivity index (χ4v) is 1.95. The smallest absolute Gasteiger partial charge is 0.119 e. The van der Waals surface area contributed by atoms with Crippen molar-refractivity contribution in [3.05, 3.63) is 66.1 Å². The molecule has 2 nitrogen and oxygen atoms in total. The van der Waals surface area contributed by atoms with Crippen LogP contribution in [-0.4, -0.2) is 13.2 Å². The van der Waals surface area contributed by atoms with Crippen molar-refractivity contribution in [2.75, 3.05) is 13.2 Å². The number of benzene rings is 2. The van der Waals surface area contributed by atoms with Gasteiger partial charge in [0.2, 0.25) is 0 Å². The third-order valence-electron chi connectivity index (χ3n) is 3.04. The number of hydrogen-bond donors (Lipinski definition) is 0. The van der Waals surface area contributed by atoms with E-state index in [-0.39, 0.29) is 0 Å². The van der Waals surface area contributed by atoms with E-state index in [1.54, 1.807) is 0 Å². The van der Waals surface area contributed by atoms with Gasteiger partial charge in [0.05, 0.1) is 13.2 Å². The highest BCUT2D eigenvalue weighted by atomic mass is 16.5. The van der Waals surface area contributed by atoms with Crippen molar-refractivity contribution < 1.29 is 9.47 Å². The lowest BCUT2D eigenvalue weighted by molar-refractivity contribution is 0.317. The summed E-state index contributed by atoms with van der Waals surface area (Å²) in [5.74, 6) is 1.86. The summed E-state index contributed by atoms with van der Waals surface area (Å²) in [7, 11) is 0. The van der Waals surface area contributed by atoms with E-state index in [0.717, 1.165) is 37.6 Å². The molecule has 0 heterocycles. The largest absolute Gasteiger partial charge is 0.494 e. The van der Waals surface area contributed by atoms with Gasteiger partial charge in [0.25, 0.3) is 0 Å². The highest BCUT2D eigenvalue weighted by molar-refractivity contribution is 5.41. The van der Waals surface area contributed by atoms with Gasteiger partial charge in [-0.25, -0.2) is 0 Å². The predicted molar refractivity (Wildman–Crippen MR) is 87.0 cm³/mol. The molecule has 0 bridgehead atoms. The number of ether oxygens (including phenoxy) is 2. The molecule has 0 N–H and O–H groups in total. The second-order valence-corrected chi connectivity index (χ2v) is 4.98. The van der Waals surface area contributed by atoms with Gasteiger partial charge in [0, 0.05) is 6.42 Å². The molecular weight excluding hydrogens is 260 g/mol. The molecule has 0 saturated carbocycles. The molecule has 2 rings (SSSR count). The molecule has 0 aromatic heterocycles. The van der Waals surface area contributed by atoms with Gasteiger partial charge < -0.3 is 9.47 Å².